The first-order valence-electron chi connectivity index (χ1n) is 10.7. The van der Waals surface area contributed by atoms with Gasteiger partial charge in [-0.1, -0.05) is 30.3 Å². The molecule has 0 bridgehead atoms. The lowest BCUT2D eigenvalue weighted by Crippen LogP contribution is -2.57. The number of piperidine rings is 3. The van der Waals surface area contributed by atoms with Gasteiger partial charge in [-0.15, -0.1) is 0 Å². The molecule has 2 unspecified atom stereocenters. The topological polar surface area (TPSA) is 38.8 Å². The molecule has 5 nitrogen and oxygen atoms in total. The lowest BCUT2D eigenvalue weighted by molar-refractivity contribution is 0.0290. The van der Waals surface area contributed by atoms with Crippen LogP contribution in [0.5, 0.6) is 0 Å². The van der Waals surface area contributed by atoms with E-state index >= 15 is 0 Å². The molecule has 0 aromatic heterocycles. The molecule has 27 heavy (non-hydrogen) atoms. The minimum Gasteiger partial charge on any atom is -0.335 e. The minimum atomic E-state index is 0.170. The molecule has 0 saturated carbocycles. The van der Waals surface area contributed by atoms with Crippen LogP contribution in [0.3, 0.4) is 0 Å². The highest BCUT2D eigenvalue weighted by Gasteiger charge is 2.37. The van der Waals surface area contributed by atoms with Crippen molar-refractivity contribution in [2.75, 3.05) is 39.8 Å². The number of urea groups is 1. The van der Waals surface area contributed by atoms with E-state index in [9.17, 15) is 4.79 Å². The van der Waals surface area contributed by atoms with Crippen LogP contribution in [-0.4, -0.2) is 72.6 Å². The third-order valence-corrected chi connectivity index (χ3v) is 6.74. The Hall–Kier alpha value is -1.59. The highest BCUT2D eigenvalue weighted by molar-refractivity contribution is 5.74. The van der Waals surface area contributed by atoms with Gasteiger partial charge < -0.3 is 15.1 Å². The Kier molecular flexibility index (Phi) is 5.98. The average Bonchev–Trinajstić information content (AvgIpc) is 2.70. The molecule has 3 saturated heterocycles. The van der Waals surface area contributed by atoms with Crippen molar-refractivity contribution in [3.05, 3.63) is 35.9 Å². The highest BCUT2D eigenvalue weighted by Crippen LogP contribution is 2.31. The summed E-state index contributed by atoms with van der Waals surface area (Å²) in [5.41, 5.74) is 1.40. The zero-order valence-electron chi connectivity index (χ0n) is 16.6. The zero-order chi connectivity index (χ0) is 18.6. The van der Waals surface area contributed by atoms with Crippen LogP contribution in [0.2, 0.25) is 0 Å². The maximum absolute atomic E-state index is 12.8. The molecule has 2 atom stereocenters. The van der Waals surface area contributed by atoms with E-state index in [1.54, 1.807) is 0 Å². The van der Waals surface area contributed by atoms with Crippen molar-refractivity contribution < 1.29 is 4.79 Å². The fraction of sp³-hybridized carbons (Fsp3) is 0.682. The SMILES string of the molecule is CN1CCC(NC(=O)N2CCC3C(CCCN3Cc3ccccc3)C2)CC1. The van der Waals surface area contributed by atoms with Crippen molar-refractivity contribution in [3.8, 4) is 0 Å². The van der Waals surface area contributed by atoms with E-state index < -0.39 is 0 Å². The molecule has 3 aliphatic rings. The lowest BCUT2D eigenvalue weighted by Gasteiger charge is -2.47. The maximum Gasteiger partial charge on any atom is 0.317 e. The Balaban J connectivity index is 1.31. The molecule has 1 N–H and O–H groups in total. The summed E-state index contributed by atoms with van der Waals surface area (Å²) < 4.78 is 0. The van der Waals surface area contributed by atoms with Gasteiger partial charge in [-0.2, -0.15) is 0 Å². The van der Waals surface area contributed by atoms with Crippen molar-refractivity contribution in [1.29, 1.82) is 0 Å². The second kappa shape index (κ2) is 8.61. The van der Waals surface area contributed by atoms with Crippen LogP contribution in [0.15, 0.2) is 30.3 Å². The minimum absolute atomic E-state index is 0.170. The predicted octanol–water partition coefficient (Wildman–Crippen LogP) is 2.78. The summed E-state index contributed by atoms with van der Waals surface area (Å²) in [6.45, 7) is 6.23. The van der Waals surface area contributed by atoms with E-state index in [1.165, 1.54) is 24.9 Å². The second-order valence-corrected chi connectivity index (χ2v) is 8.69. The maximum atomic E-state index is 12.8. The van der Waals surface area contributed by atoms with Crippen molar-refractivity contribution in [2.24, 2.45) is 5.92 Å². The molecule has 1 aromatic rings. The first-order valence-corrected chi connectivity index (χ1v) is 10.7. The number of benzene rings is 1. The van der Waals surface area contributed by atoms with Gasteiger partial charge in [-0.3, -0.25) is 4.90 Å². The summed E-state index contributed by atoms with van der Waals surface area (Å²) in [6, 6.07) is 12.0. The molecule has 1 aromatic carbocycles. The van der Waals surface area contributed by atoms with E-state index in [-0.39, 0.29) is 6.03 Å². The fourth-order valence-electron chi connectivity index (χ4n) is 5.12. The molecule has 5 heteroatoms. The van der Waals surface area contributed by atoms with Crippen LogP contribution in [0.1, 0.15) is 37.7 Å². The van der Waals surface area contributed by atoms with Gasteiger partial charge in [0.25, 0.3) is 0 Å². The van der Waals surface area contributed by atoms with Gasteiger partial charge >= 0.3 is 6.03 Å². The van der Waals surface area contributed by atoms with E-state index in [2.05, 4.69) is 57.4 Å². The van der Waals surface area contributed by atoms with Gasteiger partial charge in [0.1, 0.15) is 0 Å². The normalized spacial score (nSPS) is 28.0. The molecular weight excluding hydrogens is 336 g/mol. The summed E-state index contributed by atoms with van der Waals surface area (Å²) in [5, 5.41) is 3.30. The largest absolute Gasteiger partial charge is 0.335 e. The zero-order valence-corrected chi connectivity index (χ0v) is 16.6. The van der Waals surface area contributed by atoms with Crippen LogP contribution in [0, 0.1) is 5.92 Å². The number of rotatable bonds is 3. The van der Waals surface area contributed by atoms with Gasteiger partial charge in [-0.05, 0) is 70.3 Å². The molecule has 0 aliphatic carbocycles. The Labute approximate surface area is 163 Å². The van der Waals surface area contributed by atoms with Crippen molar-refractivity contribution >= 4 is 6.03 Å². The standard InChI is InChI=1S/C22H34N4O/c1-24-13-9-20(10-14-24)23-22(27)26-15-11-21-19(17-26)8-5-12-25(21)16-18-6-3-2-4-7-18/h2-4,6-7,19-21H,5,8-17H2,1H3,(H,23,27). The molecular formula is C22H34N4O. The molecule has 0 radical (unpaired) electrons. The van der Waals surface area contributed by atoms with Crippen LogP contribution < -0.4 is 5.32 Å². The Morgan fingerprint density at radius 1 is 1.04 bits per heavy atom. The van der Waals surface area contributed by atoms with Gasteiger partial charge in [-0.25, -0.2) is 4.79 Å². The molecule has 148 valence electrons. The monoisotopic (exact) mass is 370 g/mol. The predicted molar refractivity (Wildman–Crippen MR) is 109 cm³/mol. The average molecular weight is 371 g/mol. The van der Waals surface area contributed by atoms with Crippen molar-refractivity contribution in [2.45, 2.75) is 50.7 Å². The van der Waals surface area contributed by atoms with Gasteiger partial charge in [0.05, 0.1) is 0 Å². The fourth-order valence-corrected chi connectivity index (χ4v) is 5.12. The van der Waals surface area contributed by atoms with Crippen LogP contribution >= 0.6 is 0 Å². The Bertz CT molecular complexity index is 614. The molecule has 0 spiro atoms. The summed E-state index contributed by atoms with van der Waals surface area (Å²) in [7, 11) is 2.16. The van der Waals surface area contributed by atoms with Crippen LogP contribution in [0.25, 0.3) is 0 Å². The van der Waals surface area contributed by atoms with Gasteiger partial charge in [0, 0.05) is 31.7 Å². The quantitative estimate of drug-likeness (QED) is 0.889. The van der Waals surface area contributed by atoms with Gasteiger partial charge in [0.2, 0.25) is 0 Å². The Morgan fingerprint density at radius 2 is 1.81 bits per heavy atom. The summed E-state index contributed by atoms with van der Waals surface area (Å²) in [4.78, 5) is 19.9. The third-order valence-electron chi connectivity index (χ3n) is 6.74. The molecule has 4 rings (SSSR count). The van der Waals surface area contributed by atoms with Crippen molar-refractivity contribution in [3.63, 3.8) is 0 Å². The molecule has 3 heterocycles. The highest BCUT2D eigenvalue weighted by atomic mass is 16.2. The number of carbonyl (C=O) groups excluding carboxylic acids is 1. The number of amides is 2. The summed E-state index contributed by atoms with van der Waals surface area (Å²) in [5.74, 6) is 0.624. The van der Waals surface area contributed by atoms with E-state index in [1.807, 2.05) is 0 Å². The van der Waals surface area contributed by atoms with E-state index in [0.717, 1.165) is 52.0 Å². The van der Waals surface area contributed by atoms with E-state index in [0.29, 0.717) is 18.0 Å². The van der Waals surface area contributed by atoms with Crippen LogP contribution in [-0.2, 0) is 6.54 Å². The second-order valence-electron chi connectivity index (χ2n) is 8.69. The first kappa shape index (κ1) is 18.8. The van der Waals surface area contributed by atoms with Crippen LogP contribution in [0.4, 0.5) is 4.79 Å². The Morgan fingerprint density at radius 3 is 2.59 bits per heavy atom. The third kappa shape index (κ3) is 4.64. The number of hydrogen-bond acceptors (Lipinski definition) is 3. The molecule has 3 aliphatic heterocycles. The van der Waals surface area contributed by atoms with Crippen molar-refractivity contribution in [1.82, 2.24) is 20.0 Å². The summed E-state index contributed by atoms with van der Waals surface area (Å²) in [6.07, 6.45) is 5.77. The number of likely N-dealkylation sites (tertiary alicyclic amines) is 3. The lowest BCUT2D eigenvalue weighted by atomic mass is 9.83. The number of nitrogens with zero attached hydrogens (tertiary/aromatic N) is 3. The first-order chi connectivity index (χ1) is 13.2. The molecule has 2 amide bonds. The number of hydrogen-bond donors (Lipinski definition) is 1. The smallest absolute Gasteiger partial charge is 0.317 e. The molecule has 3 fully saturated rings. The summed E-state index contributed by atoms with van der Waals surface area (Å²) >= 11 is 0. The number of carbonyl (C=O) groups is 1. The van der Waals surface area contributed by atoms with Gasteiger partial charge in [0.15, 0.2) is 0 Å². The number of fused-ring (bicyclic) bond motifs is 1. The number of nitrogens with one attached hydrogen (secondary N) is 1. The van der Waals surface area contributed by atoms with E-state index in [4.69, 9.17) is 0 Å².